The second kappa shape index (κ2) is 6.61. The first-order valence-electron chi connectivity index (χ1n) is 6.40. The van der Waals surface area contributed by atoms with Crippen LogP contribution in [0.5, 0.6) is 0 Å². The van der Waals surface area contributed by atoms with Crippen LogP contribution in [0.2, 0.25) is 0 Å². The number of hydrogen-bond donors (Lipinski definition) is 4. The van der Waals surface area contributed by atoms with Crippen molar-refractivity contribution in [2.75, 3.05) is 13.2 Å². The Kier molecular flexibility index (Phi) is 4.83. The second-order valence-corrected chi connectivity index (χ2v) is 4.84. The number of carboxylic acid groups (broad SMARTS) is 2. The van der Waals surface area contributed by atoms with Gasteiger partial charge in [-0.15, -0.1) is 5.10 Å². The van der Waals surface area contributed by atoms with Gasteiger partial charge in [0.15, 0.2) is 0 Å². The van der Waals surface area contributed by atoms with Gasteiger partial charge >= 0.3 is 11.9 Å². The van der Waals surface area contributed by atoms with Gasteiger partial charge in [0.25, 0.3) is 0 Å². The zero-order valence-corrected chi connectivity index (χ0v) is 11.2. The molecule has 2 heterocycles. The highest BCUT2D eigenvalue weighted by atomic mass is 16.5. The summed E-state index contributed by atoms with van der Waals surface area (Å²) in [4.78, 5) is 21.4. The van der Waals surface area contributed by atoms with E-state index in [0.29, 0.717) is 18.7 Å². The zero-order valence-electron chi connectivity index (χ0n) is 11.2. The summed E-state index contributed by atoms with van der Waals surface area (Å²) in [6, 6.07) is -1.73. The predicted octanol–water partition coefficient (Wildman–Crippen LogP) is -1.81. The minimum Gasteiger partial charge on any atom is -0.480 e. The first-order chi connectivity index (χ1) is 9.97. The number of nitrogens with one attached hydrogen (secondary N) is 1. The van der Waals surface area contributed by atoms with Crippen LogP contribution in [0, 0.1) is 0 Å². The third kappa shape index (κ3) is 3.97. The standard InChI is InChI=1S/C11H17N5O5/c12-8(10(17)18)5-21-4-6-3-16(15-14-6)7-1-9(11(19)20)13-2-7/h3,7-9,13H,1-2,4-5,12H2,(H,17,18)(H,19,20). The Balaban J connectivity index is 1.82. The molecule has 2 rings (SSSR count). The monoisotopic (exact) mass is 299 g/mol. The second-order valence-electron chi connectivity index (χ2n) is 4.84. The van der Waals surface area contributed by atoms with E-state index in [2.05, 4.69) is 15.6 Å². The number of nitrogens with zero attached hydrogens (tertiary/aromatic N) is 3. The molecule has 0 aromatic carbocycles. The van der Waals surface area contributed by atoms with Crippen LogP contribution >= 0.6 is 0 Å². The van der Waals surface area contributed by atoms with E-state index in [1.54, 1.807) is 10.9 Å². The van der Waals surface area contributed by atoms with Gasteiger partial charge in [-0.25, -0.2) is 4.68 Å². The highest BCUT2D eigenvalue weighted by molar-refractivity contribution is 5.74. The number of aliphatic carboxylic acids is 2. The van der Waals surface area contributed by atoms with Crippen molar-refractivity contribution in [2.24, 2.45) is 5.73 Å². The van der Waals surface area contributed by atoms with E-state index in [-0.39, 0.29) is 19.3 Å². The molecule has 0 aliphatic carbocycles. The molecule has 1 aromatic heterocycles. The molecule has 1 fully saturated rings. The summed E-state index contributed by atoms with van der Waals surface area (Å²) in [6.07, 6.45) is 2.09. The van der Waals surface area contributed by atoms with Crippen LogP contribution in [0.15, 0.2) is 6.20 Å². The molecule has 0 radical (unpaired) electrons. The largest absolute Gasteiger partial charge is 0.480 e. The third-order valence-electron chi connectivity index (χ3n) is 3.20. The minimum atomic E-state index is -1.13. The van der Waals surface area contributed by atoms with Gasteiger partial charge in [0.2, 0.25) is 0 Å². The number of ether oxygens (including phenoxy) is 1. The van der Waals surface area contributed by atoms with Gasteiger partial charge < -0.3 is 26.0 Å². The maximum Gasteiger partial charge on any atom is 0.322 e. The maximum absolute atomic E-state index is 10.9. The van der Waals surface area contributed by atoms with Gasteiger partial charge in [-0.1, -0.05) is 5.21 Å². The quantitative estimate of drug-likeness (QED) is 0.456. The molecular weight excluding hydrogens is 282 g/mol. The van der Waals surface area contributed by atoms with Crippen molar-refractivity contribution < 1.29 is 24.5 Å². The van der Waals surface area contributed by atoms with Crippen molar-refractivity contribution >= 4 is 11.9 Å². The summed E-state index contributed by atoms with van der Waals surface area (Å²) in [6.45, 7) is 0.488. The Morgan fingerprint density at radius 2 is 2.33 bits per heavy atom. The van der Waals surface area contributed by atoms with Crippen molar-refractivity contribution in [1.82, 2.24) is 20.3 Å². The average Bonchev–Trinajstić information content (AvgIpc) is 3.06. The Labute approximate surface area is 119 Å². The molecule has 3 atom stereocenters. The molecule has 10 nitrogen and oxygen atoms in total. The minimum absolute atomic E-state index is 0.0753. The van der Waals surface area contributed by atoms with Crippen molar-refractivity contribution in [3.63, 3.8) is 0 Å². The van der Waals surface area contributed by atoms with Crippen molar-refractivity contribution in [3.8, 4) is 0 Å². The van der Waals surface area contributed by atoms with Crippen LogP contribution in [0.1, 0.15) is 18.2 Å². The van der Waals surface area contributed by atoms with E-state index in [4.69, 9.17) is 20.7 Å². The molecule has 116 valence electrons. The number of rotatable bonds is 7. The fourth-order valence-corrected chi connectivity index (χ4v) is 2.03. The van der Waals surface area contributed by atoms with E-state index in [0.717, 1.165) is 0 Å². The molecule has 1 aliphatic heterocycles. The molecule has 1 aromatic rings. The van der Waals surface area contributed by atoms with Crippen molar-refractivity contribution in [1.29, 1.82) is 0 Å². The smallest absolute Gasteiger partial charge is 0.322 e. The van der Waals surface area contributed by atoms with Crippen molar-refractivity contribution in [2.45, 2.75) is 31.2 Å². The molecule has 1 aliphatic rings. The number of carboxylic acids is 2. The highest BCUT2D eigenvalue weighted by Crippen LogP contribution is 2.19. The Morgan fingerprint density at radius 1 is 1.57 bits per heavy atom. The Hall–Kier alpha value is -2.04. The average molecular weight is 299 g/mol. The lowest BCUT2D eigenvalue weighted by atomic mass is 10.2. The van der Waals surface area contributed by atoms with E-state index in [9.17, 15) is 9.59 Å². The summed E-state index contributed by atoms with van der Waals surface area (Å²) in [7, 11) is 0. The van der Waals surface area contributed by atoms with Gasteiger partial charge in [0, 0.05) is 6.54 Å². The lowest BCUT2D eigenvalue weighted by Gasteiger charge is -2.07. The summed E-state index contributed by atoms with van der Waals surface area (Å²) in [5.74, 6) is -2.01. The fourth-order valence-electron chi connectivity index (χ4n) is 2.03. The first-order valence-corrected chi connectivity index (χ1v) is 6.40. The van der Waals surface area contributed by atoms with Crippen LogP contribution in [-0.2, 0) is 20.9 Å². The molecule has 0 bridgehead atoms. The number of nitrogens with two attached hydrogens (primary N) is 1. The lowest BCUT2D eigenvalue weighted by Crippen LogP contribution is -2.34. The van der Waals surface area contributed by atoms with Crippen LogP contribution in [0.4, 0.5) is 0 Å². The van der Waals surface area contributed by atoms with E-state index < -0.39 is 24.0 Å². The predicted molar refractivity (Wildman–Crippen MR) is 68.4 cm³/mol. The molecule has 10 heteroatoms. The van der Waals surface area contributed by atoms with E-state index in [1.165, 1.54) is 0 Å². The molecule has 0 spiro atoms. The fraction of sp³-hybridized carbons (Fsp3) is 0.636. The summed E-state index contributed by atoms with van der Waals surface area (Å²) in [5, 5.41) is 28.2. The summed E-state index contributed by atoms with van der Waals surface area (Å²) >= 11 is 0. The highest BCUT2D eigenvalue weighted by Gasteiger charge is 2.30. The Morgan fingerprint density at radius 3 is 2.95 bits per heavy atom. The van der Waals surface area contributed by atoms with Crippen LogP contribution < -0.4 is 11.1 Å². The van der Waals surface area contributed by atoms with E-state index in [1.807, 2.05) is 0 Å². The molecule has 5 N–H and O–H groups in total. The summed E-state index contributed by atoms with van der Waals surface area (Å²) in [5.41, 5.74) is 5.83. The number of carbonyl (C=O) groups is 2. The SMILES string of the molecule is NC(COCc1cn(C2CNC(C(=O)O)C2)nn1)C(=O)O. The van der Waals surface area contributed by atoms with Crippen LogP contribution in [0.3, 0.4) is 0 Å². The first kappa shape index (κ1) is 15.4. The molecule has 3 unspecified atom stereocenters. The number of hydrogen-bond acceptors (Lipinski definition) is 7. The molecule has 1 saturated heterocycles. The third-order valence-corrected chi connectivity index (χ3v) is 3.20. The van der Waals surface area contributed by atoms with Crippen LogP contribution in [0.25, 0.3) is 0 Å². The van der Waals surface area contributed by atoms with Gasteiger partial charge in [0.1, 0.15) is 17.8 Å². The van der Waals surface area contributed by atoms with Crippen LogP contribution in [-0.4, -0.2) is 62.4 Å². The van der Waals surface area contributed by atoms with Gasteiger partial charge in [-0.3, -0.25) is 9.59 Å². The number of aromatic nitrogens is 3. The molecule has 0 amide bonds. The molecular formula is C11H17N5O5. The maximum atomic E-state index is 10.9. The summed E-state index contributed by atoms with van der Waals surface area (Å²) < 4.78 is 6.74. The molecule has 0 saturated carbocycles. The Bertz CT molecular complexity index is 519. The van der Waals surface area contributed by atoms with Gasteiger partial charge in [0.05, 0.1) is 25.5 Å². The lowest BCUT2D eigenvalue weighted by molar-refractivity contribution is -0.140. The topological polar surface area (TPSA) is 153 Å². The van der Waals surface area contributed by atoms with Gasteiger partial charge in [-0.2, -0.15) is 0 Å². The zero-order chi connectivity index (χ0) is 15.4. The molecule has 21 heavy (non-hydrogen) atoms. The van der Waals surface area contributed by atoms with Gasteiger partial charge in [-0.05, 0) is 6.42 Å². The van der Waals surface area contributed by atoms with Crippen molar-refractivity contribution in [3.05, 3.63) is 11.9 Å². The normalized spacial score (nSPS) is 23.1. The van der Waals surface area contributed by atoms with E-state index >= 15 is 0 Å².